The lowest BCUT2D eigenvalue weighted by Crippen LogP contribution is -2.42. The molecule has 0 radical (unpaired) electrons. The first kappa shape index (κ1) is 10.9. The van der Waals surface area contributed by atoms with E-state index in [1.165, 1.54) is 12.8 Å². The van der Waals surface area contributed by atoms with Gasteiger partial charge in [0.15, 0.2) is 0 Å². The van der Waals surface area contributed by atoms with Gasteiger partial charge in [0.2, 0.25) is 0 Å². The van der Waals surface area contributed by atoms with E-state index < -0.39 is 0 Å². The van der Waals surface area contributed by atoms with Gasteiger partial charge in [-0.1, -0.05) is 0 Å². The SMILES string of the molecule is O[C@@H]1CCOC[C@H]1Nc1cc(C2CC2)ncn1. The molecule has 92 valence electrons. The number of ether oxygens (including phenoxy) is 1. The third-order valence-electron chi connectivity index (χ3n) is 3.34. The van der Waals surface area contributed by atoms with E-state index >= 15 is 0 Å². The van der Waals surface area contributed by atoms with Crippen molar-refractivity contribution in [3.8, 4) is 0 Å². The first-order valence-electron chi connectivity index (χ1n) is 6.17. The van der Waals surface area contributed by atoms with Gasteiger partial charge in [0.1, 0.15) is 12.1 Å². The largest absolute Gasteiger partial charge is 0.391 e. The van der Waals surface area contributed by atoms with Gasteiger partial charge in [0.25, 0.3) is 0 Å². The number of hydrogen-bond acceptors (Lipinski definition) is 5. The summed E-state index contributed by atoms with van der Waals surface area (Å²) in [6, 6.07) is 1.92. The topological polar surface area (TPSA) is 67.3 Å². The molecule has 2 N–H and O–H groups in total. The van der Waals surface area contributed by atoms with Crippen molar-refractivity contribution >= 4 is 5.82 Å². The molecule has 5 nitrogen and oxygen atoms in total. The van der Waals surface area contributed by atoms with Gasteiger partial charge < -0.3 is 15.2 Å². The third-order valence-corrected chi connectivity index (χ3v) is 3.34. The Hall–Kier alpha value is -1.20. The van der Waals surface area contributed by atoms with Gasteiger partial charge in [0.05, 0.1) is 18.8 Å². The summed E-state index contributed by atoms with van der Waals surface area (Å²) in [6.45, 7) is 1.17. The van der Waals surface area contributed by atoms with Crippen LogP contribution in [0.15, 0.2) is 12.4 Å². The van der Waals surface area contributed by atoms with Crippen molar-refractivity contribution in [2.24, 2.45) is 0 Å². The van der Waals surface area contributed by atoms with Crippen LogP contribution in [0.4, 0.5) is 5.82 Å². The molecule has 1 saturated carbocycles. The molecule has 0 aromatic carbocycles. The van der Waals surface area contributed by atoms with Crippen LogP contribution in [0.5, 0.6) is 0 Å². The number of aliphatic hydroxyl groups excluding tert-OH is 1. The molecule has 2 aliphatic rings. The van der Waals surface area contributed by atoms with Gasteiger partial charge in [-0.05, 0) is 19.3 Å². The number of rotatable bonds is 3. The minimum Gasteiger partial charge on any atom is -0.391 e. The molecule has 1 aliphatic carbocycles. The number of hydrogen-bond donors (Lipinski definition) is 2. The Labute approximate surface area is 100 Å². The van der Waals surface area contributed by atoms with Gasteiger partial charge in [-0.3, -0.25) is 0 Å². The van der Waals surface area contributed by atoms with Crippen LogP contribution in [-0.2, 0) is 4.74 Å². The van der Waals surface area contributed by atoms with E-state index in [2.05, 4.69) is 15.3 Å². The highest BCUT2D eigenvalue weighted by atomic mass is 16.5. The van der Waals surface area contributed by atoms with Crippen LogP contribution >= 0.6 is 0 Å². The van der Waals surface area contributed by atoms with E-state index in [4.69, 9.17) is 4.74 Å². The Morgan fingerprint density at radius 2 is 2.18 bits per heavy atom. The fraction of sp³-hybridized carbons (Fsp3) is 0.667. The second-order valence-electron chi connectivity index (χ2n) is 4.78. The maximum atomic E-state index is 9.84. The molecule has 1 aliphatic heterocycles. The second kappa shape index (κ2) is 4.58. The molecular weight excluding hydrogens is 218 g/mol. The van der Waals surface area contributed by atoms with Crippen LogP contribution in [-0.4, -0.2) is 40.4 Å². The van der Waals surface area contributed by atoms with Crippen molar-refractivity contribution in [3.63, 3.8) is 0 Å². The van der Waals surface area contributed by atoms with Gasteiger partial charge in [-0.25, -0.2) is 9.97 Å². The van der Waals surface area contributed by atoms with Gasteiger partial charge in [-0.15, -0.1) is 0 Å². The first-order valence-corrected chi connectivity index (χ1v) is 6.17. The standard InChI is InChI=1S/C12H17N3O2/c16-11-3-4-17-6-10(11)15-12-5-9(8-1-2-8)13-7-14-12/h5,7-8,10-11,16H,1-4,6H2,(H,13,14,15)/t10-,11-/m1/s1. The molecule has 3 rings (SSSR count). The Balaban J connectivity index is 1.68. The van der Waals surface area contributed by atoms with E-state index in [9.17, 15) is 5.11 Å². The molecule has 0 unspecified atom stereocenters. The summed E-state index contributed by atoms with van der Waals surface area (Å²) in [5, 5.41) is 13.1. The molecule has 2 atom stereocenters. The molecular formula is C12H17N3O2. The summed E-state index contributed by atoms with van der Waals surface area (Å²) >= 11 is 0. The minimum absolute atomic E-state index is 0.0642. The van der Waals surface area contributed by atoms with Crippen LogP contribution < -0.4 is 5.32 Å². The smallest absolute Gasteiger partial charge is 0.129 e. The third kappa shape index (κ3) is 2.56. The van der Waals surface area contributed by atoms with E-state index in [1.54, 1.807) is 6.33 Å². The van der Waals surface area contributed by atoms with Crippen LogP contribution in [0.3, 0.4) is 0 Å². The fourth-order valence-electron chi connectivity index (χ4n) is 2.11. The average Bonchev–Trinajstić information content (AvgIpc) is 3.17. The van der Waals surface area contributed by atoms with E-state index in [0.717, 1.165) is 11.5 Å². The highest BCUT2D eigenvalue weighted by Gasteiger charge is 2.27. The van der Waals surface area contributed by atoms with Gasteiger partial charge in [0, 0.05) is 24.3 Å². The van der Waals surface area contributed by atoms with Crippen LogP contribution in [0.25, 0.3) is 0 Å². The zero-order chi connectivity index (χ0) is 11.7. The van der Waals surface area contributed by atoms with Gasteiger partial charge in [-0.2, -0.15) is 0 Å². The first-order chi connectivity index (χ1) is 8.33. The summed E-state index contributed by atoms with van der Waals surface area (Å²) in [5.74, 6) is 1.41. The monoisotopic (exact) mass is 235 g/mol. The number of anilines is 1. The highest BCUT2D eigenvalue weighted by Crippen LogP contribution is 2.39. The van der Waals surface area contributed by atoms with E-state index in [0.29, 0.717) is 25.6 Å². The van der Waals surface area contributed by atoms with Crippen molar-refractivity contribution in [1.29, 1.82) is 0 Å². The summed E-state index contributed by atoms with van der Waals surface area (Å²) in [6.07, 6.45) is 4.37. The molecule has 0 spiro atoms. The lowest BCUT2D eigenvalue weighted by atomic mass is 10.1. The van der Waals surface area contributed by atoms with Crippen LogP contribution in [0, 0.1) is 0 Å². The number of aliphatic hydroxyl groups is 1. The lowest BCUT2D eigenvalue weighted by Gasteiger charge is -2.28. The van der Waals surface area contributed by atoms with E-state index in [1.807, 2.05) is 6.07 Å². The van der Waals surface area contributed by atoms with Crippen molar-refractivity contribution in [3.05, 3.63) is 18.1 Å². The summed E-state index contributed by atoms with van der Waals surface area (Å²) in [7, 11) is 0. The molecule has 17 heavy (non-hydrogen) atoms. The quantitative estimate of drug-likeness (QED) is 0.815. The average molecular weight is 235 g/mol. The number of aromatic nitrogens is 2. The Morgan fingerprint density at radius 1 is 1.29 bits per heavy atom. The zero-order valence-corrected chi connectivity index (χ0v) is 9.67. The van der Waals surface area contributed by atoms with Gasteiger partial charge >= 0.3 is 0 Å². The predicted octanol–water partition coefficient (Wildman–Crippen LogP) is 0.916. The maximum absolute atomic E-state index is 9.84. The Bertz CT molecular complexity index is 395. The molecule has 2 fully saturated rings. The second-order valence-corrected chi connectivity index (χ2v) is 4.78. The van der Waals surface area contributed by atoms with E-state index in [-0.39, 0.29) is 12.1 Å². The maximum Gasteiger partial charge on any atom is 0.129 e. The molecule has 1 saturated heterocycles. The van der Waals surface area contributed by atoms with Crippen LogP contribution in [0.2, 0.25) is 0 Å². The van der Waals surface area contributed by atoms with Crippen molar-refractivity contribution in [1.82, 2.24) is 9.97 Å². The van der Waals surface area contributed by atoms with Crippen molar-refractivity contribution in [2.75, 3.05) is 18.5 Å². The summed E-state index contributed by atoms with van der Waals surface area (Å²) in [5.41, 5.74) is 1.11. The molecule has 5 heteroatoms. The Morgan fingerprint density at radius 3 is 2.94 bits per heavy atom. The minimum atomic E-state index is -0.358. The highest BCUT2D eigenvalue weighted by molar-refractivity contribution is 5.38. The molecule has 1 aromatic heterocycles. The number of nitrogens with one attached hydrogen (secondary N) is 1. The lowest BCUT2D eigenvalue weighted by molar-refractivity contribution is 0.00304. The molecule has 1 aromatic rings. The zero-order valence-electron chi connectivity index (χ0n) is 9.67. The summed E-state index contributed by atoms with van der Waals surface area (Å²) < 4.78 is 5.35. The van der Waals surface area contributed by atoms with Crippen molar-refractivity contribution < 1.29 is 9.84 Å². The predicted molar refractivity (Wildman–Crippen MR) is 62.9 cm³/mol. The fourth-order valence-corrected chi connectivity index (χ4v) is 2.11. The summed E-state index contributed by atoms with van der Waals surface area (Å²) in [4.78, 5) is 8.46. The molecule has 2 heterocycles. The normalized spacial score (nSPS) is 29.0. The van der Waals surface area contributed by atoms with Crippen molar-refractivity contribution in [2.45, 2.75) is 37.3 Å². The van der Waals surface area contributed by atoms with Crippen LogP contribution in [0.1, 0.15) is 30.9 Å². The Kier molecular flexibility index (Phi) is 2.94. The molecule has 0 amide bonds. The molecule has 0 bridgehead atoms. The number of nitrogens with zero attached hydrogens (tertiary/aromatic N) is 2.